The van der Waals surface area contributed by atoms with Crippen molar-refractivity contribution in [3.05, 3.63) is 34.6 Å². The van der Waals surface area contributed by atoms with Gasteiger partial charge in [0.15, 0.2) is 0 Å². The third-order valence-electron chi connectivity index (χ3n) is 7.01. The van der Waals surface area contributed by atoms with Gasteiger partial charge in [0.05, 0.1) is 6.54 Å². The van der Waals surface area contributed by atoms with Gasteiger partial charge in [-0.3, -0.25) is 9.69 Å². The van der Waals surface area contributed by atoms with Gasteiger partial charge in [0.2, 0.25) is 17.6 Å². The Morgan fingerprint density at radius 3 is 2.85 bits per heavy atom. The minimum atomic E-state index is 0.111. The molecule has 0 spiro atoms. The number of rotatable bonds is 9. The maximum Gasteiger partial charge on any atom is 0.241 e. The molecule has 7 nitrogen and oxygen atoms in total. The van der Waals surface area contributed by atoms with Crippen LogP contribution in [0.4, 0.5) is 0 Å². The number of amides is 1. The summed E-state index contributed by atoms with van der Waals surface area (Å²) in [7, 11) is 0. The Balaban J connectivity index is 1.15. The zero-order valence-electron chi connectivity index (χ0n) is 19.6. The number of hydrogen-bond donors (Lipinski definition) is 1. The van der Waals surface area contributed by atoms with Crippen molar-refractivity contribution in [2.75, 3.05) is 32.7 Å². The first-order chi connectivity index (χ1) is 16.1. The molecule has 33 heavy (non-hydrogen) atoms. The number of piperidine rings is 2. The molecule has 0 aliphatic carbocycles. The van der Waals surface area contributed by atoms with Crippen LogP contribution in [-0.2, 0) is 11.3 Å². The molecule has 1 unspecified atom stereocenters. The van der Waals surface area contributed by atoms with Gasteiger partial charge in [-0.2, -0.15) is 4.98 Å². The van der Waals surface area contributed by atoms with Crippen LogP contribution in [0.25, 0.3) is 11.4 Å². The molecule has 2 aromatic rings. The van der Waals surface area contributed by atoms with E-state index in [1.54, 1.807) is 0 Å². The van der Waals surface area contributed by atoms with E-state index in [1.807, 2.05) is 24.3 Å². The van der Waals surface area contributed by atoms with E-state index in [2.05, 4.69) is 48.1 Å². The van der Waals surface area contributed by atoms with E-state index in [-0.39, 0.29) is 11.8 Å². The number of nitrogens with one attached hydrogen (secondary N) is 1. The number of likely N-dealkylation sites (tertiary alicyclic amines) is 2. The van der Waals surface area contributed by atoms with Gasteiger partial charge in [0.1, 0.15) is 0 Å². The Morgan fingerprint density at radius 2 is 2.06 bits per heavy atom. The van der Waals surface area contributed by atoms with E-state index in [0.717, 1.165) is 61.5 Å². The summed E-state index contributed by atoms with van der Waals surface area (Å²) >= 11 is 3.48. The molecule has 2 aliphatic rings. The number of carbonyl (C=O) groups excluding carboxylic acids is 1. The standard InChI is InChI=1S/C25H36BrN5O2/c1-2-22-9-3-4-13-31(22)14-6-12-27-25(32)19-10-15-30(16-11-19)18-23-28-24(29-33-23)20-7-5-8-21(26)17-20/h5,7-8,17,19,22H,2-4,6,9-16,18H2,1H3,(H,27,32). The maximum absolute atomic E-state index is 12.6. The minimum absolute atomic E-state index is 0.111. The van der Waals surface area contributed by atoms with Gasteiger partial charge in [-0.15, -0.1) is 0 Å². The fourth-order valence-electron chi connectivity index (χ4n) is 5.06. The Kier molecular flexibility index (Phi) is 8.92. The molecule has 1 atom stereocenters. The first-order valence-electron chi connectivity index (χ1n) is 12.4. The number of hydrogen-bond acceptors (Lipinski definition) is 6. The highest BCUT2D eigenvalue weighted by molar-refractivity contribution is 9.10. The monoisotopic (exact) mass is 517 g/mol. The summed E-state index contributed by atoms with van der Waals surface area (Å²) in [6.07, 6.45) is 8.04. The molecular formula is C25H36BrN5O2. The SMILES string of the molecule is CCC1CCCCN1CCCNC(=O)C1CCN(Cc2nc(-c3cccc(Br)c3)no2)CC1. The molecule has 2 aliphatic heterocycles. The van der Waals surface area contributed by atoms with Crippen LogP contribution in [0.1, 0.15) is 57.8 Å². The van der Waals surface area contributed by atoms with Crippen LogP contribution in [0.3, 0.4) is 0 Å². The second-order valence-electron chi connectivity index (χ2n) is 9.31. The van der Waals surface area contributed by atoms with Crippen LogP contribution in [0, 0.1) is 5.92 Å². The summed E-state index contributed by atoms with van der Waals surface area (Å²) in [6.45, 7) is 7.77. The lowest BCUT2D eigenvalue weighted by Crippen LogP contribution is -2.42. The summed E-state index contributed by atoms with van der Waals surface area (Å²) in [4.78, 5) is 22.1. The number of carbonyl (C=O) groups is 1. The molecule has 1 aromatic carbocycles. The van der Waals surface area contributed by atoms with E-state index in [4.69, 9.17) is 4.52 Å². The van der Waals surface area contributed by atoms with Crippen LogP contribution in [0.2, 0.25) is 0 Å². The smallest absolute Gasteiger partial charge is 0.241 e. The molecule has 2 fully saturated rings. The number of halogens is 1. The molecule has 0 bridgehead atoms. The fraction of sp³-hybridized carbons (Fsp3) is 0.640. The molecule has 1 N–H and O–H groups in total. The summed E-state index contributed by atoms with van der Waals surface area (Å²) in [5.74, 6) is 1.56. The normalized spacial score (nSPS) is 20.7. The summed E-state index contributed by atoms with van der Waals surface area (Å²) < 4.78 is 6.45. The Morgan fingerprint density at radius 1 is 1.21 bits per heavy atom. The predicted octanol–water partition coefficient (Wildman–Crippen LogP) is 4.48. The Hall–Kier alpha value is -1.77. The topological polar surface area (TPSA) is 74.5 Å². The molecule has 8 heteroatoms. The van der Waals surface area contributed by atoms with Crippen molar-refractivity contribution in [1.82, 2.24) is 25.3 Å². The van der Waals surface area contributed by atoms with Crippen molar-refractivity contribution in [1.29, 1.82) is 0 Å². The zero-order chi connectivity index (χ0) is 23.0. The Labute approximate surface area is 205 Å². The van der Waals surface area contributed by atoms with Crippen molar-refractivity contribution < 1.29 is 9.32 Å². The van der Waals surface area contributed by atoms with Gasteiger partial charge >= 0.3 is 0 Å². The number of nitrogens with zero attached hydrogens (tertiary/aromatic N) is 4. The number of aromatic nitrogens is 2. The molecule has 180 valence electrons. The van der Waals surface area contributed by atoms with Crippen LogP contribution >= 0.6 is 15.9 Å². The first kappa shape index (κ1) is 24.4. The highest BCUT2D eigenvalue weighted by Gasteiger charge is 2.26. The average Bonchev–Trinajstić information content (AvgIpc) is 3.31. The highest BCUT2D eigenvalue weighted by Crippen LogP contribution is 2.23. The van der Waals surface area contributed by atoms with Crippen molar-refractivity contribution in [2.24, 2.45) is 5.92 Å². The summed E-state index contributed by atoms with van der Waals surface area (Å²) in [6, 6.07) is 8.62. The second kappa shape index (κ2) is 12.1. The fourth-order valence-corrected chi connectivity index (χ4v) is 5.46. The van der Waals surface area contributed by atoms with Gasteiger partial charge in [-0.1, -0.05) is 46.6 Å². The molecule has 1 amide bonds. The molecule has 0 saturated carbocycles. The van der Waals surface area contributed by atoms with E-state index in [9.17, 15) is 4.79 Å². The molecular weight excluding hydrogens is 482 g/mol. The lowest BCUT2D eigenvalue weighted by Gasteiger charge is -2.35. The van der Waals surface area contributed by atoms with Gasteiger partial charge in [0.25, 0.3) is 0 Å². The van der Waals surface area contributed by atoms with Crippen LogP contribution in [-0.4, -0.2) is 64.6 Å². The summed E-state index contributed by atoms with van der Waals surface area (Å²) in [5.41, 5.74) is 0.931. The molecule has 4 rings (SSSR count). The molecule has 2 saturated heterocycles. The van der Waals surface area contributed by atoms with E-state index in [0.29, 0.717) is 18.3 Å². The summed E-state index contributed by atoms with van der Waals surface area (Å²) in [5, 5.41) is 7.31. The highest BCUT2D eigenvalue weighted by atomic mass is 79.9. The minimum Gasteiger partial charge on any atom is -0.356 e. The Bertz CT molecular complexity index is 896. The van der Waals surface area contributed by atoms with E-state index >= 15 is 0 Å². The average molecular weight is 519 g/mol. The third-order valence-corrected chi connectivity index (χ3v) is 7.50. The van der Waals surface area contributed by atoms with Crippen molar-refractivity contribution >= 4 is 21.8 Å². The molecule has 3 heterocycles. The van der Waals surface area contributed by atoms with Crippen molar-refractivity contribution in [3.63, 3.8) is 0 Å². The van der Waals surface area contributed by atoms with Gasteiger partial charge in [-0.05, 0) is 70.3 Å². The third kappa shape index (κ3) is 6.87. The second-order valence-corrected chi connectivity index (χ2v) is 10.2. The van der Waals surface area contributed by atoms with E-state index in [1.165, 1.54) is 32.2 Å². The van der Waals surface area contributed by atoms with E-state index < -0.39 is 0 Å². The zero-order valence-corrected chi connectivity index (χ0v) is 21.2. The van der Waals surface area contributed by atoms with Gasteiger partial charge in [0, 0.05) is 35.1 Å². The van der Waals surface area contributed by atoms with Gasteiger partial charge < -0.3 is 14.7 Å². The van der Waals surface area contributed by atoms with Crippen LogP contribution in [0.15, 0.2) is 33.3 Å². The van der Waals surface area contributed by atoms with Crippen molar-refractivity contribution in [2.45, 2.75) is 64.5 Å². The van der Waals surface area contributed by atoms with Gasteiger partial charge in [-0.25, -0.2) is 0 Å². The lowest BCUT2D eigenvalue weighted by molar-refractivity contribution is -0.126. The van der Waals surface area contributed by atoms with Crippen molar-refractivity contribution in [3.8, 4) is 11.4 Å². The first-order valence-corrected chi connectivity index (χ1v) is 13.2. The lowest BCUT2D eigenvalue weighted by atomic mass is 9.96. The van der Waals surface area contributed by atoms with Crippen LogP contribution < -0.4 is 5.32 Å². The molecule has 1 aromatic heterocycles. The number of benzene rings is 1. The largest absolute Gasteiger partial charge is 0.356 e. The molecule has 0 radical (unpaired) electrons. The van der Waals surface area contributed by atoms with Crippen LogP contribution in [0.5, 0.6) is 0 Å². The maximum atomic E-state index is 12.6. The quantitative estimate of drug-likeness (QED) is 0.494. The predicted molar refractivity (Wildman–Crippen MR) is 133 cm³/mol.